The summed E-state index contributed by atoms with van der Waals surface area (Å²) in [6.45, 7) is 2.65. The van der Waals surface area contributed by atoms with E-state index in [4.69, 9.17) is 25.8 Å². The van der Waals surface area contributed by atoms with E-state index in [0.717, 1.165) is 12.0 Å². The molecule has 2 aromatic carbocycles. The van der Waals surface area contributed by atoms with Crippen molar-refractivity contribution in [1.29, 1.82) is 0 Å². The van der Waals surface area contributed by atoms with E-state index in [0.29, 0.717) is 35.2 Å². The lowest BCUT2D eigenvalue weighted by atomic mass is 10.2. The first-order valence-electron chi connectivity index (χ1n) is 9.59. The number of hydrazone groups is 1. The van der Waals surface area contributed by atoms with Crippen LogP contribution in [0.5, 0.6) is 17.2 Å². The topological polar surface area (TPSA) is 87.0 Å². The molecule has 0 radical (unpaired) electrons. The minimum absolute atomic E-state index is 0.0242. The number of nitrogens with one attached hydrogen (secondary N) is 1. The van der Waals surface area contributed by atoms with Crippen LogP contribution < -0.4 is 25.2 Å². The molecule has 0 fully saturated rings. The minimum atomic E-state index is -0.467. The van der Waals surface area contributed by atoms with Crippen LogP contribution in [0.1, 0.15) is 18.9 Å². The highest BCUT2D eigenvalue weighted by Gasteiger charge is 2.10. The summed E-state index contributed by atoms with van der Waals surface area (Å²) in [7, 11) is 3.15. The number of aromatic nitrogens is 2. The molecular weight excluding hydrogens is 420 g/mol. The highest BCUT2D eigenvalue weighted by molar-refractivity contribution is 6.32. The molecule has 31 heavy (non-hydrogen) atoms. The van der Waals surface area contributed by atoms with Crippen LogP contribution in [-0.2, 0) is 0 Å². The molecule has 0 spiro atoms. The second-order valence-electron chi connectivity index (χ2n) is 6.42. The number of rotatable bonds is 9. The van der Waals surface area contributed by atoms with Gasteiger partial charge in [0.1, 0.15) is 16.5 Å². The predicted octanol–water partition coefficient (Wildman–Crippen LogP) is 4.14. The molecule has 0 aliphatic rings. The van der Waals surface area contributed by atoms with E-state index in [2.05, 4.69) is 15.6 Å². The number of anilines is 1. The lowest BCUT2D eigenvalue weighted by molar-refractivity contribution is 0.294. The number of nitrogens with zero attached hydrogens (tertiary/aromatic N) is 3. The van der Waals surface area contributed by atoms with Gasteiger partial charge in [0, 0.05) is 0 Å². The minimum Gasteiger partial charge on any atom is -0.497 e. The Balaban J connectivity index is 1.75. The molecule has 0 bridgehead atoms. The standard InChI is InChI=1S/C22H23ClN4O4/c1-4-11-31-19-10-5-15(12-20(19)30-3)13-24-26-18-14-25-27(22(28)21(18)23)16-6-8-17(29-2)9-7-16/h5-10,12-14,26H,4,11H2,1-3H3/b24-13-. The number of ether oxygens (including phenoxy) is 3. The number of hydrogen-bond acceptors (Lipinski definition) is 7. The van der Waals surface area contributed by atoms with Gasteiger partial charge in [-0.1, -0.05) is 18.5 Å². The predicted molar refractivity (Wildman–Crippen MR) is 121 cm³/mol. The molecule has 0 saturated heterocycles. The van der Waals surface area contributed by atoms with Gasteiger partial charge < -0.3 is 14.2 Å². The van der Waals surface area contributed by atoms with E-state index in [9.17, 15) is 4.79 Å². The van der Waals surface area contributed by atoms with Crippen molar-refractivity contribution in [2.24, 2.45) is 5.10 Å². The Kier molecular flexibility index (Phi) is 7.50. The Morgan fingerprint density at radius 3 is 2.58 bits per heavy atom. The van der Waals surface area contributed by atoms with Gasteiger partial charge in [-0.15, -0.1) is 0 Å². The van der Waals surface area contributed by atoms with Crippen LogP contribution >= 0.6 is 11.6 Å². The third kappa shape index (κ3) is 5.35. The summed E-state index contributed by atoms with van der Waals surface area (Å²) in [5.74, 6) is 1.96. The quantitative estimate of drug-likeness (QED) is 0.396. The van der Waals surface area contributed by atoms with Gasteiger partial charge >= 0.3 is 0 Å². The summed E-state index contributed by atoms with van der Waals surface area (Å²) in [6, 6.07) is 12.4. The van der Waals surface area contributed by atoms with E-state index in [-0.39, 0.29) is 5.02 Å². The van der Waals surface area contributed by atoms with Gasteiger partial charge in [-0.25, -0.2) is 0 Å². The molecule has 1 heterocycles. The van der Waals surface area contributed by atoms with Crippen molar-refractivity contribution < 1.29 is 14.2 Å². The molecule has 0 atom stereocenters. The van der Waals surface area contributed by atoms with E-state index in [1.165, 1.54) is 10.9 Å². The van der Waals surface area contributed by atoms with E-state index < -0.39 is 5.56 Å². The Morgan fingerprint density at radius 1 is 1.13 bits per heavy atom. The smallest absolute Gasteiger partial charge is 0.292 e. The maximum Gasteiger partial charge on any atom is 0.292 e. The number of halogens is 1. The molecule has 162 valence electrons. The number of hydrogen-bond donors (Lipinski definition) is 1. The SMILES string of the molecule is CCCOc1ccc(/C=N\Nc2cnn(-c3ccc(OC)cc3)c(=O)c2Cl)cc1OC. The van der Waals surface area contributed by atoms with Crippen molar-refractivity contribution in [3.05, 3.63) is 69.6 Å². The summed E-state index contributed by atoms with van der Waals surface area (Å²) >= 11 is 6.23. The van der Waals surface area contributed by atoms with Gasteiger partial charge in [-0.3, -0.25) is 10.2 Å². The average Bonchev–Trinajstić information content (AvgIpc) is 2.81. The Labute approximate surface area is 185 Å². The molecule has 0 aliphatic carbocycles. The van der Waals surface area contributed by atoms with Crippen LogP contribution in [0.15, 0.2) is 58.6 Å². The first-order valence-corrected chi connectivity index (χ1v) is 9.97. The summed E-state index contributed by atoms with van der Waals surface area (Å²) in [5, 5.41) is 8.29. The van der Waals surface area contributed by atoms with Crippen molar-refractivity contribution >= 4 is 23.5 Å². The molecule has 3 aromatic rings. The molecular formula is C22H23ClN4O4. The van der Waals surface area contributed by atoms with Crippen LogP contribution in [0.4, 0.5) is 5.69 Å². The molecule has 9 heteroatoms. The first-order chi connectivity index (χ1) is 15.1. The summed E-state index contributed by atoms with van der Waals surface area (Å²) in [6.07, 6.45) is 3.92. The van der Waals surface area contributed by atoms with Crippen LogP contribution in [0.25, 0.3) is 5.69 Å². The molecule has 0 unspecified atom stereocenters. The Morgan fingerprint density at radius 2 is 1.90 bits per heavy atom. The zero-order valence-corrected chi connectivity index (χ0v) is 18.2. The Hall–Kier alpha value is -3.52. The van der Waals surface area contributed by atoms with Gasteiger partial charge in [-0.2, -0.15) is 14.9 Å². The second-order valence-corrected chi connectivity index (χ2v) is 6.79. The normalized spacial score (nSPS) is 10.8. The molecule has 1 aromatic heterocycles. The lowest BCUT2D eigenvalue weighted by Crippen LogP contribution is -2.22. The van der Waals surface area contributed by atoms with E-state index in [1.807, 2.05) is 19.1 Å². The van der Waals surface area contributed by atoms with E-state index in [1.54, 1.807) is 50.8 Å². The van der Waals surface area contributed by atoms with Crippen LogP contribution in [0, 0.1) is 0 Å². The Bertz CT molecular complexity index is 1110. The van der Waals surface area contributed by atoms with Gasteiger partial charge in [0.2, 0.25) is 0 Å². The summed E-state index contributed by atoms with van der Waals surface area (Å²) in [4.78, 5) is 12.6. The number of benzene rings is 2. The highest BCUT2D eigenvalue weighted by Crippen LogP contribution is 2.27. The molecule has 1 N–H and O–H groups in total. The van der Waals surface area contributed by atoms with Gasteiger partial charge in [0.15, 0.2) is 11.5 Å². The van der Waals surface area contributed by atoms with Crippen LogP contribution in [0.2, 0.25) is 5.02 Å². The van der Waals surface area contributed by atoms with Gasteiger partial charge in [0.05, 0.1) is 38.9 Å². The molecule has 0 amide bonds. The van der Waals surface area contributed by atoms with Crippen molar-refractivity contribution in [3.8, 4) is 22.9 Å². The molecule has 0 saturated carbocycles. The maximum atomic E-state index is 12.6. The highest BCUT2D eigenvalue weighted by atomic mass is 35.5. The zero-order chi connectivity index (χ0) is 22.2. The first kappa shape index (κ1) is 22.2. The van der Waals surface area contributed by atoms with Crippen LogP contribution in [-0.4, -0.2) is 36.8 Å². The average molecular weight is 443 g/mol. The van der Waals surface area contributed by atoms with Crippen molar-refractivity contribution in [2.45, 2.75) is 13.3 Å². The largest absolute Gasteiger partial charge is 0.497 e. The second kappa shape index (κ2) is 10.5. The summed E-state index contributed by atoms with van der Waals surface area (Å²) < 4.78 is 17.3. The monoisotopic (exact) mass is 442 g/mol. The van der Waals surface area contributed by atoms with Crippen molar-refractivity contribution in [2.75, 3.05) is 26.3 Å². The van der Waals surface area contributed by atoms with E-state index >= 15 is 0 Å². The van der Waals surface area contributed by atoms with Gasteiger partial charge in [-0.05, 0) is 54.4 Å². The zero-order valence-electron chi connectivity index (χ0n) is 17.5. The third-order valence-corrected chi connectivity index (χ3v) is 4.65. The molecule has 3 rings (SSSR count). The third-order valence-electron chi connectivity index (χ3n) is 4.28. The maximum absolute atomic E-state index is 12.6. The number of methoxy groups -OCH3 is 2. The van der Waals surface area contributed by atoms with Crippen molar-refractivity contribution in [3.63, 3.8) is 0 Å². The van der Waals surface area contributed by atoms with Crippen LogP contribution in [0.3, 0.4) is 0 Å². The fourth-order valence-corrected chi connectivity index (χ4v) is 2.86. The fraction of sp³-hybridized carbons (Fsp3) is 0.227. The lowest BCUT2D eigenvalue weighted by Gasteiger charge is -2.10. The molecule has 0 aliphatic heterocycles. The summed E-state index contributed by atoms with van der Waals surface area (Å²) in [5.41, 5.74) is 3.93. The fourth-order valence-electron chi connectivity index (χ4n) is 2.69. The van der Waals surface area contributed by atoms with Gasteiger partial charge in [0.25, 0.3) is 5.56 Å². The van der Waals surface area contributed by atoms with Crippen molar-refractivity contribution in [1.82, 2.24) is 9.78 Å². The molecule has 8 nitrogen and oxygen atoms in total.